The van der Waals surface area contributed by atoms with E-state index < -0.39 is 0 Å². The Morgan fingerprint density at radius 1 is 1.29 bits per heavy atom. The molecule has 2 N–H and O–H groups in total. The third-order valence-corrected chi connectivity index (χ3v) is 2.18. The van der Waals surface area contributed by atoms with E-state index in [4.69, 9.17) is 5.73 Å². The zero-order valence-electron chi connectivity index (χ0n) is 8.23. The van der Waals surface area contributed by atoms with E-state index in [0.717, 1.165) is 11.1 Å². The maximum Gasteiger partial charge on any atom is 0.218 e. The summed E-state index contributed by atoms with van der Waals surface area (Å²) < 4.78 is 1.57. The molecular formula is C10H12N4. The number of nitrogens with two attached hydrogens (primary N) is 1. The van der Waals surface area contributed by atoms with Crippen LogP contribution in [0.25, 0.3) is 11.4 Å². The fraction of sp³-hybridized carbons (Fsp3) is 0.200. The Hall–Kier alpha value is -1.84. The highest BCUT2D eigenvalue weighted by molar-refractivity contribution is 5.60. The molecule has 1 aromatic heterocycles. The smallest absolute Gasteiger partial charge is 0.218 e. The molecule has 0 aliphatic heterocycles. The molecule has 0 aliphatic rings. The number of hydrogen-bond acceptors (Lipinski definition) is 3. The van der Waals surface area contributed by atoms with E-state index in [1.165, 1.54) is 0 Å². The topological polar surface area (TPSA) is 56.7 Å². The van der Waals surface area contributed by atoms with Crippen molar-refractivity contribution in [2.24, 2.45) is 7.05 Å². The summed E-state index contributed by atoms with van der Waals surface area (Å²) in [4.78, 5) is 4.17. The highest BCUT2D eigenvalue weighted by Gasteiger charge is 2.07. The minimum Gasteiger partial charge on any atom is -0.368 e. The van der Waals surface area contributed by atoms with Gasteiger partial charge < -0.3 is 5.73 Å². The Morgan fingerprint density at radius 3 is 2.57 bits per heavy atom. The van der Waals surface area contributed by atoms with E-state index in [9.17, 15) is 0 Å². The molecule has 4 nitrogen and oxygen atoms in total. The number of nitrogens with zero attached hydrogens (tertiary/aromatic N) is 3. The Labute approximate surface area is 82.4 Å². The predicted octanol–water partition coefficient (Wildman–Crippen LogP) is 1.37. The number of rotatable bonds is 1. The maximum atomic E-state index is 5.62. The van der Waals surface area contributed by atoms with Crippen LogP contribution in [0, 0.1) is 6.92 Å². The van der Waals surface area contributed by atoms with E-state index in [1.807, 2.05) is 31.2 Å². The summed E-state index contributed by atoms with van der Waals surface area (Å²) in [6.45, 7) is 2.03. The lowest BCUT2D eigenvalue weighted by Gasteiger charge is -1.98. The van der Waals surface area contributed by atoms with E-state index in [1.54, 1.807) is 11.7 Å². The standard InChI is InChI=1S/C10H12N4/c1-7-5-3-4-6-8(7)9-12-10(11)14(2)13-9/h3-6H,1-2H3,(H2,11,12,13). The first-order chi connectivity index (χ1) is 6.68. The molecule has 1 aromatic carbocycles. The van der Waals surface area contributed by atoms with Crippen LogP contribution in [0.2, 0.25) is 0 Å². The maximum absolute atomic E-state index is 5.62. The van der Waals surface area contributed by atoms with Gasteiger partial charge in [-0.3, -0.25) is 0 Å². The van der Waals surface area contributed by atoms with Gasteiger partial charge in [0.1, 0.15) is 0 Å². The van der Waals surface area contributed by atoms with Crippen molar-refractivity contribution in [2.45, 2.75) is 6.92 Å². The average Bonchev–Trinajstić information content (AvgIpc) is 2.48. The molecule has 0 fully saturated rings. The summed E-state index contributed by atoms with van der Waals surface area (Å²) in [5, 5.41) is 4.22. The normalized spacial score (nSPS) is 10.4. The first-order valence-electron chi connectivity index (χ1n) is 4.41. The van der Waals surface area contributed by atoms with E-state index in [0.29, 0.717) is 11.8 Å². The van der Waals surface area contributed by atoms with Crippen LogP contribution >= 0.6 is 0 Å². The second-order valence-electron chi connectivity index (χ2n) is 3.23. The lowest BCUT2D eigenvalue weighted by molar-refractivity contribution is 0.780. The van der Waals surface area contributed by atoms with Crippen LogP contribution in [0.3, 0.4) is 0 Å². The lowest BCUT2D eigenvalue weighted by Crippen LogP contribution is -1.97. The molecule has 0 bridgehead atoms. The second kappa shape index (κ2) is 3.14. The number of aromatic nitrogens is 3. The predicted molar refractivity (Wildman–Crippen MR) is 55.6 cm³/mol. The Bertz CT molecular complexity index is 439. The van der Waals surface area contributed by atoms with Gasteiger partial charge in [0.2, 0.25) is 5.95 Å². The molecule has 4 heteroatoms. The van der Waals surface area contributed by atoms with Crippen molar-refractivity contribution in [3.05, 3.63) is 29.8 Å². The minimum atomic E-state index is 0.434. The van der Waals surface area contributed by atoms with Gasteiger partial charge in [0.05, 0.1) is 0 Å². The molecule has 2 rings (SSSR count). The van der Waals surface area contributed by atoms with Gasteiger partial charge in [-0.1, -0.05) is 24.3 Å². The van der Waals surface area contributed by atoms with Crippen molar-refractivity contribution in [3.63, 3.8) is 0 Å². The minimum absolute atomic E-state index is 0.434. The summed E-state index contributed by atoms with van der Waals surface area (Å²) in [5.74, 6) is 1.12. The first-order valence-corrected chi connectivity index (χ1v) is 4.41. The molecule has 2 aromatic rings. The van der Waals surface area contributed by atoms with Crippen molar-refractivity contribution in [1.82, 2.24) is 14.8 Å². The molecule has 0 aliphatic carbocycles. The van der Waals surface area contributed by atoms with Crippen molar-refractivity contribution < 1.29 is 0 Å². The second-order valence-corrected chi connectivity index (χ2v) is 3.23. The van der Waals surface area contributed by atoms with Gasteiger partial charge >= 0.3 is 0 Å². The number of hydrogen-bond donors (Lipinski definition) is 1. The van der Waals surface area contributed by atoms with Gasteiger partial charge in [-0.2, -0.15) is 4.98 Å². The van der Waals surface area contributed by atoms with Gasteiger partial charge in [0, 0.05) is 12.6 Å². The van der Waals surface area contributed by atoms with Crippen molar-refractivity contribution >= 4 is 5.95 Å². The fourth-order valence-corrected chi connectivity index (χ4v) is 1.33. The van der Waals surface area contributed by atoms with Gasteiger partial charge in [-0.25, -0.2) is 4.68 Å². The Kier molecular flexibility index (Phi) is 1.96. The summed E-state index contributed by atoms with van der Waals surface area (Å²) in [6.07, 6.45) is 0. The van der Waals surface area contributed by atoms with Crippen LogP contribution in [-0.2, 0) is 7.05 Å². The van der Waals surface area contributed by atoms with Crippen LogP contribution in [-0.4, -0.2) is 14.8 Å². The van der Waals surface area contributed by atoms with Gasteiger partial charge in [-0.05, 0) is 12.5 Å². The third-order valence-electron chi connectivity index (χ3n) is 2.18. The molecule has 0 spiro atoms. The summed E-state index contributed by atoms with van der Waals surface area (Å²) >= 11 is 0. The molecule has 0 unspecified atom stereocenters. The van der Waals surface area contributed by atoms with Crippen LogP contribution in [0.15, 0.2) is 24.3 Å². The van der Waals surface area contributed by atoms with Crippen LogP contribution in [0.1, 0.15) is 5.56 Å². The molecule has 14 heavy (non-hydrogen) atoms. The molecule has 0 saturated carbocycles. The van der Waals surface area contributed by atoms with Gasteiger partial charge in [0.15, 0.2) is 5.82 Å². The average molecular weight is 188 g/mol. The summed E-state index contributed by atoms with van der Waals surface area (Å²) in [6, 6.07) is 7.98. The highest BCUT2D eigenvalue weighted by atomic mass is 15.4. The molecular weight excluding hydrogens is 176 g/mol. The van der Waals surface area contributed by atoms with Crippen molar-refractivity contribution in [1.29, 1.82) is 0 Å². The van der Waals surface area contributed by atoms with Gasteiger partial charge in [0.25, 0.3) is 0 Å². The summed E-state index contributed by atoms with van der Waals surface area (Å²) in [7, 11) is 1.78. The van der Waals surface area contributed by atoms with Crippen LogP contribution in [0.4, 0.5) is 5.95 Å². The zero-order valence-corrected chi connectivity index (χ0v) is 8.23. The number of aryl methyl sites for hydroxylation is 2. The van der Waals surface area contributed by atoms with E-state index in [2.05, 4.69) is 10.1 Å². The van der Waals surface area contributed by atoms with Gasteiger partial charge in [-0.15, -0.1) is 5.10 Å². The summed E-state index contributed by atoms with van der Waals surface area (Å²) in [5.41, 5.74) is 7.80. The monoisotopic (exact) mass is 188 g/mol. The third kappa shape index (κ3) is 1.35. The quantitative estimate of drug-likeness (QED) is 0.735. The molecule has 0 radical (unpaired) electrons. The van der Waals surface area contributed by atoms with E-state index in [-0.39, 0.29) is 0 Å². The van der Waals surface area contributed by atoms with Crippen LogP contribution < -0.4 is 5.73 Å². The van der Waals surface area contributed by atoms with Crippen molar-refractivity contribution in [3.8, 4) is 11.4 Å². The molecule has 0 saturated heterocycles. The zero-order chi connectivity index (χ0) is 10.1. The number of benzene rings is 1. The Balaban J connectivity index is 2.55. The molecule has 72 valence electrons. The lowest BCUT2D eigenvalue weighted by atomic mass is 10.1. The number of nitrogen functional groups attached to an aromatic ring is 1. The largest absolute Gasteiger partial charge is 0.368 e. The molecule has 0 atom stereocenters. The molecule has 1 heterocycles. The molecule has 0 amide bonds. The highest BCUT2D eigenvalue weighted by Crippen LogP contribution is 2.19. The SMILES string of the molecule is Cc1ccccc1-c1nc(N)n(C)n1. The fourth-order valence-electron chi connectivity index (χ4n) is 1.33. The number of anilines is 1. The van der Waals surface area contributed by atoms with Crippen molar-refractivity contribution in [2.75, 3.05) is 5.73 Å². The van der Waals surface area contributed by atoms with Crippen LogP contribution in [0.5, 0.6) is 0 Å². The Morgan fingerprint density at radius 2 is 2.00 bits per heavy atom. The van der Waals surface area contributed by atoms with E-state index >= 15 is 0 Å². The first kappa shape index (κ1) is 8.74.